The average Bonchev–Trinajstić information content (AvgIpc) is 2.79. The Balaban J connectivity index is 1.67. The van der Waals surface area contributed by atoms with Crippen LogP contribution >= 0.6 is 0 Å². The van der Waals surface area contributed by atoms with E-state index < -0.39 is 34.7 Å². The Morgan fingerprint density at radius 1 is 0.861 bits per heavy atom. The highest BCUT2D eigenvalue weighted by Gasteiger charge is 2.40. The normalized spacial score (nSPS) is 11.7. The third kappa shape index (κ3) is 5.66. The quantitative estimate of drug-likeness (QED) is 0.168. The minimum Gasteiger partial charge on any atom is -0.449 e. The number of aryl methyl sites for hydroxylation is 3. The van der Waals surface area contributed by atoms with Crippen LogP contribution in [0.3, 0.4) is 0 Å². The summed E-state index contributed by atoms with van der Waals surface area (Å²) in [7, 11) is 0. The predicted octanol–water partition coefficient (Wildman–Crippen LogP) is 7.15. The maximum absolute atomic E-state index is 13.8. The first-order chi connectivity index (χ1) is 17.0. The van der Waals surface area contributed by atoms with Gasteiger partial charge in [0.2, 0.25) is 11.2 Å². The molecule has 184 valence electrons. The van der Waals surface area contributed by atoms with E-state index in [1.807, 2.05) is 37.3 Å². The summed E-state index contributed by atoms with van der Waals surface area (Å²) in [6.07, 6.45) is -2.28. The number of benzene rings is 3. The number of ether oxygens (including phenoxy) is 2. The molecule has 36 heavy (non-hydrogen) atoms. The van der Waals surface area contributed by atoms with Crippen LogP contribution in [0.1, 0.15) is 28.0 Å². The molecule has 0 aliphatic rings. The van der Waals surface area contributed by atoms with Crippen LogP contribution in [0.15, 0.2) is 76.0 Å². The van der Waals surface area contributed by atoms with E-state index in [0.29, 0.717) is 0 Å². The summed E-state index contributed by atoms with van der Waals surface area (Å²) in [6.45, 7) is 5.45. The van der Waals surface area contributed by atoms with Crippen molar-refractivity contribution in [2.45, 2.75) is 26.9 Å². The zero-order valence-corrected chi connectivity index (χ0v) is 19.6. The van der Waals surface area contributed by atoms with E-state index in [1.54, 1.807) is 19.9 Å². The maximum atomic E-state index is 13.8. The van der Waals surface area contributed by atoms with Crippen molar-refractivity contribution in [2.75, 3.05) is 0 Å². The van der Waals surface area contributed by atoms with E-state index in [4.69, 9.17) is 13.9 Å². The molecular formula is C28H21F3O5. The molecule has 4 rings (SSSR count). The first-order valence-corrected chi connectivity index (χ1v) is 10.9. The molecule has 0 radical (unpaired) electrons. The van der Waals surface area contributed by atoms with Gasteiger partial charge in [-0.15, -0.1) is 0 Å². The monoisotopic (exact) mass is 494 g/mol. The molecule has 1 heterocycles. The number of esters is 1. The van der Waals surface area contributed by atoms with Crippen LogP contribution in [0.2, 0.25) is 0 Å². The molecule has 0 fully saturated rings. The van der Waals surface area contributed by atoms with E-state index in [-0.39, 0.29) is 16.9 Å². The zero-order chi connectivity index (χ0) is 26.0. The Bertz CT molecular complexity index is 1510. The number of hydrogen-bond acceptors (Lipinski definition) is 5. The second-order valence-corrected chi connectivity index (χ2v) is 8.34. The van der Waals surface area contributed by atoms with E-state index in [0.717, 1.165) is 28.3 Å². The number of rotatable bonds is 5. The van der Waals surface area contributed by atoms with Gasteiger partial charge in [-0.25, -0.2) is 4.79 Å². The highest BCUT2D eigenvalue weighted by atomic mass is 19.4. The van der Waals surface area contributed by atoms with Crippen LogP contribution in [0.25, 0.3) is 17.0 Å². The third-order valence-corrected chi connectivity index (χ3v) is 5.20. The van der Waals surface area contributed by atoms with E-state index >= 15 is 0 Å². The number of carbonyl (C=O) groups is 1. The Morgan fingerprint density at radius 2 is 1.53 bits per heavy atom. The molecule has 0 amide bonds. The summed E-state index contributed by atoms with van der Waals surface area (Å²) in [5, 5.41) is -0.155. The standard InChI is InChI=1S/C28H21F3O5/c1-16-4-6-19(7-5-16)8-11-24(32)34-20-9-10-22-23(15-20)36-27(28(29,30)31)26(25(22)33)35-21-13-17(2)12-18(3)14-21/h4-15H,1-3H3. The second-order valence-electron chi connectivity index (χ2n) is 8.34. The fourth-order valence-corrected chi connectivity index (χ4v) is 3.60. The Morgan fingerprint density at radius 3 is 2.17 bits per heavy atom. The van der Waals surface area contributed by atoms with Crippen LogP contribution in [0, 0.1) is 20.8 Å². The molecule has 1 aromatic heterocycles. The smallest absolute Gasteiger partial charge is 0.449 e. The summed E-state index contributed by atoms with van der Waals surface area (Å²) in [4.78, 5) is 25.2. The Labute approximate surface area is 204 Å². The number of hydrogen-bond donors (Lipinski definition) is 0. The maximum Gasteiger partial charge on any atom is 0.453 e. The van der Waals surface area contributed by atoms with Gasteiger partial charge in [-0.05, 0) is 67.8 Å². The summed E-state index contributed by atoms with van der Waals surface area (Å²) < 4.78 is 57.1. The Kier molecular flexibility index (Phi) is 6.70. The van der Waals surface area contributed by atoms with Crippen LogP contribution in [0.5, 0.6) is 17.2 Å². The molecule has 0 unspecified atom stereocenters. The van der Waals surface area contributed by atoms with Crippen LogP contribution < -0.4 is 14.9 Å². The molecule has 3 aromatic carbocycles. The average molecular weight is 494 g/mol. The van der Waals surface area contributed by atoms with Gasteiger partial charge in [-0.2, -0.15) is 13.2 Å². The number of carbonyl (C=O) groups excluding carboxylic acids is 1. The van der Waals surface area contributed by atoms with Crippen molar-refractivity contribution in [3.63, 3.8) is 0 Å². The zero-order valence-electron chi connectivity index (χ0n) is 19.6. The highest BCUT2D eigenvalue weighted by Crippen LogP contribution is 2.39. The van der Waals surface area contributed by atoms with Gasteiger partial charge in [-0.1, -0.05) is 35.9 Å². The van der Waals surface area contributed by atoms with Crippen molar-refractivity contribution in [3.8, 4) is 17.2 Å². The summed E-state index contributed by atoms with van der Waals surface area (Å²) >= 11 is 0. The minimum absolute atomic E-state index is 0.0792. The SMILES string of the molecule is Cc1ccc(C=CC(=O)Oc2ccc3c(=O)c(Oc4cc(C)cc(C)c4)c(C(F)(F)F)oc3c2)cc1. The molecule has 0 N–H and O–H groups in total. The van der Waals surface area contributed by atoms with Crippen molar-refractivity contribution in [3.05, 3.63) is 105 Å². The van der Waals surface area contributed by atoms with E-state index in [1.165, 1.54) is 30.3 Å². The molecule has 0 aliphatic heterocycles. The molecule has 0 bridgehead atoms. The highest BCUT2D eigenvalue weighted by molar-refractivity contribution is 5.89. The van der Waals surface area contributed by atoms with Crippen molar-refractivity contribution >= 4 is 23.0 Å². The first kappa shape index (κ1) is 24.8. The van der Waals surface area contributed by atoms with Gasteiger partial charge in [0, 0.05) is 12.1 Å². The van der Waals surface area contributed by atoms with Crippen LogP contribution in [-0.2, 0) is 11.0 Å². The Hall–Kier alpha value is -4.33. The van der Waals surface area contributed by atoms with Crippen molar-refractivity contribution in [1.82, 2.24) is 0 Å². The van der Waals surface area contributed by atoms with Gasteiger partial charge in [0.25, 0.3) is 5.76 Å². The molecule has 0 aliphatic carbocycles. The van der Waals surface area contributed by atoms with Crippen molar-refractivity contribution in [2.24, 2.45) is 0 Å². The number of alkyl halides is 3. The third-order valence-electron chi connectivity index (χ3n) is 5.20. The first-order valence-electron chi connectivity index (χ1n) is 10.9. The summed E-state index contributed by atoms with van der Waals surface area (Å²) in [5.41, 5.74) is 1.95. The van der Waals surface area contributed by atoms with Crippen LogP contribution in [-0.4, -0.2) is 5.97 Å². The fraction of sp³-hybridized carbons (Fsp3) is 0.143. The lowest BCUT2D eigenvalue weighted by Gasteiger charge is -2.14. The van der Waals surface area contributed by atoms with Crippen molar-refractivity contribution in [1.29, 1.82) is 0 Å². The lowest BCUT2D eigenvalue weighted by Crippen LogP contribution is -2.15. The molecule has 0 spiro atoms. The largest absolute Gasteiger partial charge is 0.453 e. The molecule has 0 saturated heterocycles. The van der Waals surface area contributed by atoms with Gasteiger partial charge >= 0.3 is 12.1 Å². The van der Waals surface area contributed by atoms with Gasteiger partial charge in [0.05, 0.1) is 5.39 Å². The summed E-state index contributed by atoms with van der Waals surface area (Å²) in [5.74, 6) is -3.30. The van der Waals surface area contributed by atoms with E-state index in [9.17, 15) is 22.8 Å². The van der Waals surface area contributed by atoms with E-state index in [2.05, 4.69) is 0 Å². The van der Waals surface area contributed by atoms with Gasteiger partial charge in [0.15, 0.2) is 0 Å². The fourth-order valence-electron chi connectivity index (χ4n) is 3.60. The van der Waals surface area contributed by atoms with Gasteiger partial charge in [0.1, 0.15) is 17.1 Å². The molecular weight excluding hydrogens is 473 g/mol. The predicted molar refractivity (Wildman–Crippen MR) is 129 cm³/mol. The molecule has 0 atom stereocenters. The van der Waals surface area contributed by atoms with Crippen molar-refractivity contribution < 1.29 is 31.9 Å². The number of halogens is 3. The lowest BCUT2D eigenvalue weighted by molar-refractivity contribution is -0.154. The molecule has 5 nitrogen and oxygen atoms in total. The second kappa shape index (κ2) is 9.73. The lowest BCUT2D eigenvalue weighted by atomic mass is 10.1. The topological polar surface area (TPSA) is 65.7 Å². The minimum atomic E-state index is -5.01. The van der Waals surface area contributed by atoms with Gasteiger partial charge < -0.3 is 13.9 Å². The van der Waals surface area contributed by atoms with Crippen LogP contribution in [0.4, 0.5) is 13.2 Å². The molecule has 8 heteroatoms. The molecule has 4 aromatic rings. The number of fused-ring (bicyclic) bond motifs is 1. The molecule has 0 saturated carbocycles. The summed E-state index contributed by atoms with van der Waals surface area (Å²) in [6, 6.07) is 15.8. The van der Waals surface area contributed by atoms with Gasteiger partial charge in [-0.3, -0.25) is 4.79 Å².